The monoisotopic (exact) mass is 213 g/mol. The molecule has 1 unspecified atom stereocenters. The smallest absolute Gasteiger partial charge is 0.223 e. The van der Waals surface area contributed by atoms with Crippen LogP contribution in [0.1, 0.15) is 32.6 Å². The summed E-state index contributed by atoms with van der Waals surface area (Å²) in [7, 11) is 0. The fraction of sp³-hybridized carbons (Fsp3) is 0.800. The van der Waals surface area contributed by atoms with Crippen LogP contribution in [0, 0.1) is 11.8 Å². The van der Waals surface area contributed by atoms with E-state index in [1.807, 2.05) is 6.92 Å². The average molecular weight is 213 g/mol. The van der Waals surface area contributed by atoms with Gasteiger partial charge in [-0.15, -0.1) is 0 Å². The van der Waals surface area contributed by atoms with Crippen LogP contribution in [0.15, 0.2) is 5.16 Å². The molecule has 1 atom stereocenters. The molecule has 86 valence electrons. The first kappa shape index (κ1) is 11.8. The molecule has 4 N–H and O–H groups in total. The summed E-state index contributed by atoms with van der Waals surface area (Å²) >= 11 is 0. The summed E-state index contributed by atoms with van der Waals surface area (Å²) in [5.41, 5.74) is 5.30. The highest BCUT2D eigenvalue weighted by Crippen LogP contribution is 2.36. The fourth-order valence-electron chi connectivity index (χ4n) is 1.50. The molecule has 0 saturated heterocycles. The van der Waals surface area contributed by atoms with Crippen LogP contribution >= 0.6 is 0 Å². The van der Waals surface area contributed by atoms with Crippen LogP contribution in [0.25, 0.3) is 0 Å². The predicted molar refractivity (Wildman–Crippen MR) is 57.5 cm³/mol. The van der Waals surface area contributed by atoms with E-state index in [4.69, 9.17) is 10.9 Å². The third-order valence-electron chi connectivity index (χ3n) is 2.78. The number of amides is 1. The number of carbonyl (C=O) groups is 1. The number of hydrogen-bond acceptors (Lipinski definition) is 3. The van der Waals surface area contributed by atoms with E-state index < -0.39 is 0 Å². The van der Waals surface area contributed by atoms with E-state index in [1.165, 1.54) is 12.8 Å². The van der Waals surface area contributed by atoms with Crippen molar-refractivity contribution in [2.45, 2.75) is 32.6 Å². The fourth-order valence-corrected chi connectivity index (χ4v) is 1.50. The molecule has 0 aliphatic heterocycles. The third kappa shape index (κ3) is 4.18. The molecule has 0 spiro atoms. The van der Waals surface area contributed by atoms with Gasteiger partial charge in [-0.3, -0.25) is 4.79 Å². The van der Waals surface area contributed by atoms with E-state index in [9.17, 15) is 4.79 Å². The minimum absolute atomic E-state index is 0.122. The maximum atomic E-state index is 11.5. The summed E-state index contributed by atoms with van der Waals surface area (Å²) in [6.07, 6.45) is 3.57. The Hall–Kier alpha value is -1.26. The Bertz CT molecular complexity index is 249. The van der Waals surface area contributed by atoms with Gasteiger partial charge in [0.05, 0.1) is 0 Å². The minimum atomic E-state index is 0.122. The lowest BCUT2D eigenvalue weighted by Crippen LogP contribution is -2.31. The molecule has 0 radical (unpaired) electrons. The van der Waals surface area contributed by atoms with Gasteiger partial charge in [0, 0.05) is 18.9 Å². The maximum Gasteiger partial charge on any atom is 0.223 e. The number of oxime groups is 1. The number of rotatable bonds is 6. The van der Waals surface area contributed by atoms with Gasteiger partial charge in [0.1, 0.15) is 5.84 Å². The van der Waals surface area contributed by atoms with Gasteiger partial charge in [0.15, 0.2) is 0 Å². The zero-order valence-corrected chi connectivity index (χ0v) is 9.07. The van der Waals surface area contributed by atoms with Crippen LogP contribution in [0.4, 0.5) is 0 Å². The average Bonchev–Trinajstić information content (AvgIpc) is 3.06. The Morgan fingerprint density at radius 3 is 2.87 bits per heavy atom. The first-order valence-corrected chi connectivity index (χ1v) is 5.39. The molecule has 15 heavy (non-hydrogen) atoms. The van der Waals surface area contributed by atoms with Gasteiger partial charge in [-0.25, -0.2) is 0 Å². The molecule has 0 aromatic rings. The summed E-state index contributed by atoms with van der Waals surface area (Å²) in [5.74, 6) is 1.06. The Balaban J connectivity index is 2.06. The molecule has 0 aromatic heterocycles. The standard InChI is InChI=1S/C10H19N3O2/c1-7(8-4-5-8)10(14)12-6-2-3-9(11)13-15/h7-8,15H,2-6H2,1H3,(H2,11,13)(H,12,14). The van der Waals surface area contributed by atoms with Crippen molar-refractivity contribution in [2.24, 2.45) is 22.7 Å². The molecule has 5 heteroatoms. The summed E-state index contributed by atoms with van der Waals surface area (Å²) in [6.45, 7) is 2.56. The molecule has 5 nitrogen and oxygen atoms in total. The van der Waals surface area contributed by atoms with Crippen LogP contribution in [0.2, 0.25) is 0 Å². The number of amidine groups is 1. The molecule has 1 amide bonds. The van der Waals surface area contributed by atoms with Crippen molar-refractivity contribution in [1.29, 1.82) is 0 Å². The molecule has 1 saturated carbocycles. The highest BCUT2D eigenvalue weighted by molar-refractivity contribution is 5.80. The second-order valence-electron chi connectivity index (χ2n) is 4.11. The normalized spacial score (nSPS) is 18.6. The largest absolute Gasteiger partial charge is 0.409 e. The second kappa shape index (κ2) is 5.58. The van der Waals surface area contributed by atoms with Crippen molar-refractivity contribution in [3.8, 4) is 0 Å². The third-order valence-corrected chi connectivity index (χ3v) is 2.78. The van der Waals surface area contributed by atoms with Crippen molar-refractivity contribution in [1.82, 2.24) is 5.32 Å². The molecule has 0 aromatic carbocycles. The topological polar surface area (TPSA) is 87.7 Å². The minimum Gasteiger partial charge on any atom is -0.409 e. The molecular weight excluding hydrogens is 194 g/mol. The molecule has 0 bridgehead atoms. The summed E-state index contributed by atoms with van der Waals surface area (Å²) in [5, 5.41) is 14.0. The second-order valence-corrected chi connectivity index (χ2v) is 4.11. The zero-order valence-electron chi connectivity index (χ0n) is 9.07. The SMILES string of the molecule is CC(C(=O)NCCCC(N)=NO)C1CC1. The Labute approximate surface area is 89.7 Å². The lowest BCUT2D eigenvalue weighted by Gasteiger charge is -2.10. The number of nitrogens with one attached hydrogen (secondary N) is 1. The summed E-state index contributed by atoms with van der Waals surface area (Å²) in [6, 6.07) is 0. The van der Waals surface area contributed by atoms with E-state index >= 15 is 0 Å². The van der Waals surface area contributed by atoms with Gasteiger partial charge < -0.3 is 16.3 Å². The van der Waals surface area contributed by atoms with E-state index in [0.717, 1.165) is 0 Å². The number of nitrogens with two attached hydrogens (primary N) is 1. The summed E-state index contributed by atoms with van der Waals surface area (Å²) in [4.78, 5) is 11.5. The Kier molecular flexibility index (Phi) is 4.39. The van der Waals surface area contributed by atoms with Gasteiger partial charge in [-0.05, 0) is 25.2 Å². The van der Waals surface area contributed by atoms with E-state index in [-0.39, 0.29) is 17.7 Å². The van der Waals surface area contributed by atoms with E-state index in [0.29, 0.717) is 25.3 Å². The molecule has 1 aliphatic rings. The van der Waals surface area contributed by atoms with Crippen molar-refractivity contribution in [3.63, 3.8) is 0 Å². The summed E-state index contributed by atoms with van der Waals surface area (Å²) < 4.78 is 0. The lowest BCUT2D eigenvalue weighted by molar-refractivity contribution is -0.125. The van der Waals surface area contributed by atoms with Crippen molar-refractivity contribution < 1.29 is 10.0 Å². The molecule has 1 rings (SSSR count). The van der Waals surface area contributed by atoms with Crippen LogP contribution < -0.4 is 11.1 Å². The van der Waals surface area contributed by atoms with Gasteiger partial charge in [-0.1, -0.05) is 12.1 Å². The van der Waals surface area contributed by atoms with Gasteiger partial charge in [-0.2, -0.15) is 0 Å². The van der Waals surface area contributed by atoms with Gasteiger partial charge in [0.2, 0.25) is 5.91 Å². The molecule has 1 fully saturated rings. The van der Waals surface area contributed by atoms with E-state index in [1.54, 1.807) is 0 Å². The number of carbonyl (C=O) groups excluding carboxylic acids is 1. The Morgan fingerprint density at radius 1 is 1.67 bits per heavy atom. The van der Waals surface area contributed by atoms with Crippen LogP contribution in [0.3, 0.4) is 0 Å². The van der Waals surface area contributed by atoms with Crippen molar-refractivity contribution in [3.05, 3.63) is 0 Å². The van der Waals surface area contributed by atoms with Gasteiger partial charge >= 0.3 is 0 Å². The van der Waals surface area contributed by atoms with Crippen LogP contribution in [0.5, 0.6) is 0 Å². The number of nitrogens with zero attached hydrogens (tertiary/aromatic N) is 1. The number of hydrogen-bond donors (Lipinski definition) is 3. The van der Waals surface area contributed by atoms with Crippen molar-refractivity contribution >= 4 is 11.7 Å². The first-order valence-electron chi connectivity index (χ1n) is 5.39. The highest BCUT2D eigenvalue weighted by atomic mass is 16.4. The van der Waals surface area contributed by atoms with Crippen molar-refractivity contribution in [2.75, 3.05) is 6.54 Å². The van der Waals surface area contributed by atoms with Crippen LogP contribution in [-0.2, 0) is 4.79 Å². The molecule has 0 heterocycles. The zero-order chi connectivity index (χ0) is 11.3. The predicted octanol–water partition coefficient (Wildman–Crippen LogP) is 0.675. The van der Waals surface area contributed by atoms with E-state index in [2.05, 4.69) is 10.5 Å². The first-order chi connectivity index (χ1) is 7.15. The molecular formula is C10H19N3O2. The highest BCUT2D eigenvalue weighted by Gasteiger charge is 2.32. The quantitative estimate of drug-likeness (QED) is 0.199. The van der Waals surface area contributed by atoms with Gasteiger partial charge in [0.25, 0.3) is 0 Å². The maximum absolute atomic E-state index is 11.5. The Morgan fingerprint density at radius 2 is 2.33 bits per heavy atom. The van der Waals surface area contributed by atoms with Crippen LogP contribution in [-0.4, -0.2) is 23.5 Å². The molecule has 1 aliphatic carbocycles. The lowest BCUT2D eigenvalue weighted by atomic mass is 10.1.